The number of aromatic nitrogens is 1. The number of pyridine rings is 1. The maximum Gasteiger partial charge on any atom is 0.322 e. The summed E-state index contributed by atoms with van der Waals surface area (Å²) in [4.78, 5) is 18.0. The average Bonchev–Trinajstić information content (AvgIpc) is 2.40. The molecule has 5 nitrogen and oxygen atoms in total. The Kier molecular flexibility index (Phi) is 4.02. The fourth-order valence-corrected chi connectivity index (χ4v) is 2.17. The van der Waals surface area contributed by atoms with Gasteiger partial charge in [0.05, 0.1) is 19.0 Å². The molecule has 1 saturated heterocycles. The van der Waals surface area contributed by atoms with Gasteiger partial charge in [-0.15, -0.1) is 0 Å². The van der Waals surface area contributed by atoms with Crippen molar-refractivity contribution in [3.05, 3.63) is 18.3 Å². The standard InChI is InChI=1S/C13H19N3O2/c1-10-5-3-4-8-16(10)13(17)15-11-6-7-12(18-2)14-9-11/h6-7,9-10H,3-5,8H2,1-2H3,(H,15,17)/t10-/m1/s1. The van der Waals surface area contributed by atoms with Gasteiger partial charge in [0, 0.05) is 18.7 Å². The van der Waals surface area contributed by atoms with Crippen molar-refractivity contribution in [2.24, 2.45) is 0 Å². The van der Waals surface area contributed by atoms with E-state index in [9.17, 15) is 4.79 Å². The van der Waals surface area contributed by atoms with Crippen LogP contribution in [0.2, 0.25) is 0 Å². The van der Waals surface area contributed by atoms with Gasteiger partial charge in [-0.3, -0.25) is 0 Å². The van der Waals surface area contributed by atoms with Crippen LogP contribution in [0.5, 0.6) is 5.88 Å². The van der Waals surface area contributed by atoms with E-state index in [-0.39, 0.29) is 6.03 Å². The number of nitrogens with one attached hydrogen (secondary N) is 1. The molecule has 0 aliphatic carbocycles. The van der Waals surface area contributed by atoms with Gasteiger partial charge in [-0.25, -0.2) is 9.78 Å². The molecular weight excluding hydrogens is 230 g/mol. The molecule has 98 valence electrons. The average molecular weight is 249 g/mol. The van der Waals surface area contributed by atoms with Crippen LogP contribution >= 0.6 is 0 Å². The second kappa shape index (κ2) is 5.71. The van der Waals surface area contributed by atoms with Crippen molar-refractivity contribution < 1.29 is 9.53 Å². The van der Waals surface area contributed by atoms with Crippen molar-refractivity contribution in [2.75, 3.05) is 19.0 Å². The minimum atomic E-state index is -0.0471. The number of hydrogen-bond acceptors (Lipinski definition) is 3. The van der Waals surface area contributed by atoms with E-state index in [1.54, 1.807) is 25.4 Å². The molecule has 0 aromatic carbocycles. The predicted octanol–water partition coefficient (Wildman–Crippen LogP) is 2.50. The van der Waals surface area contributed by atoms with Crippen LogP contribution in [0, 0.1) is 0 Å². The summed E-state index contributed by atoms with van der Waals surface area (Å²) in [5, 5.41) is 2.86. The summed E-state index contributed by atoms with van der Waals surface area (Å²) < 4.78 is 4.97. The molecule has 0 unspecified atom stereocenters. The predicted molar refractivity (Wildman–Crippen MR) is 69.8 cm³/mol. The van der Waals surface area contributed by atoms with Crippen LogP contribution in [-0.2, 0) is 0 Å². The highest BCUT2D eigenvalue weighted by Gasteiger charge is 2.22. The number of urea groups is 1. The topological polar surface area (TPSA) is 54.5 Å². The van der Waals surface area contributed by atoms with E-state index in [1.807, 2.05) is 4.90 Å². The van der Waals surface area contributed by atoms with Crippen molar-refractivity contribution in [3.8, 4) is 5.88 Å². The Hall–Kier alpha value is -1.78. The van der Waals surface area contributed by atoms with Gasteiger partial charge >= 0.3 is 6.03 Å². The Labute approximate surface area is 107 Å². The van der Waals surface area contributed by atoms with E-state index in [0.717, 1.165) is 19.4 Å². The summed E-state index contributed by atoms with van der Waals surface area (Å²) in [6.07, 6.45) is 4.97. The highest BCUT2D eigenvalue weighted by Crippen LogP contribution is 2.18. The maximum atomic E-state index is 12.1. The molecular formula is C13H19N3O2. The number of carbonyl (C=O) groups excluding carboxylic acids is 1. The summed E-state index contributed by atoms with van der Waals surface area (Å²) in [5.41, 5.74) is 0.693. The van der Waals surface area contributed by atoms with E-state index in [2.05, 4.69) is 17.2 Å². The Bertz CT molecular complexity index is 405. The van der Waals surface area contributed by atoms with Gasteiger partial charge in [0.15, 0.2) is 0 Å². The molecule has 2 heterocycles. The summed E-state index contributed by atoms with van der Waals surface area (Å²) in [6, 6.07) is 3.78. The molecule has 1 aliphatic rings. The monoisotopic (exact) mass is 249 g/mol. The molecule has 2 rings (SSSR count). The van der Waals surface area contributed by atoms with Crippen LogP contribution in [-0.4, -0.2) is 35.6 Å². The molecule has 1 fully saturated rings. The van der Waals surface area contributed by atoms with Crippen molar-refractivity contribution in [3.63, 3.8) is 0 Å². The first-order valence-corrected chi connectivity index (χ1v) is 6.28. The number of anilines is 1. The molecule has 18 heavy (non-hydrogen) atoms. The highest BCUT2D eigenvalue weighted by atomic mass is 16.5. The Morgan fingerprint density at radius 3 is 2.94 bits per heavy atom. The number of amides is 2. The molecule has 1 aromatic rings. The largest absolute Gasteiger partial charge is 0.481 e. The fourth-order valence-electron chi connectivity index (χ4n) is 2.17. The second-order valence-electron chi connectivity index (χ2n) is 4.56. The minimum absolute atomic E-state index is 0.0471. The molecule has 0 bridgehead atoms. The van der Waals surface area contributed by atoms with Crippen LogP contribution < -0.4 is 10.1 Å². The number of carbonyl (C=O) groups is 1. The first-order valence-electron chi connectivity index (χ1n) is 6.28. The van der Waals surface area contributed by atoms with Gasteiger partial charge in [-0.2, -0.15) is 0 Å². The third-order valence-electron chi connectivity index (χ3n) is 3.26. The van der Waals surface area contributed by atoms with Crippen molar-refractivity contribution in [1.82, 2.24) is 9.88 Å². The minimum Gasteiger partial charge on any atom is -0.481 e. The molecule has 1 aromatic heterocycles. The molecule has 2 amide bonds. The summed E-state index contributed by atoms with van der Waals surface area (Å²) >= 11 is 0. The quantitative estimate of drug-likeness (QED) is 0.876. The van der Waals surface area contributed by atoms with Crippen LogP contribution in [0.25, 0.3) is 0 Å². The van der Waals surface area contributed by atoms with Gasteiger partial charge in [-0.1, -0.05) is 0 Å². The summed E-state index contributed by atoms with van der Waals surface area (Å²) in [5.74, 6) is 0.541. The first kappa shape index (κ1) is 12.7. The second-order valence-corrected chi connectivity index (χ2v) is 4.56. The zero-order chi connectivity index (χ0) is 13.0. The molecule has 5 heteroatoms. The fraction of sp³-hybridized carbons (Fsp3) is 0.538. The highest BCUT2D eigenvalue weighted by molar-refractivity contribution is 5.89. The zero-order valence-electron chi connectivity index (χ0n) is 10.8. The van der Waals surface area contributed by atoms with Gasteiger partial charge in [0.1, 0.15) is 0 Å². The van der Waals surface area contributed by atoms with Gasteiger partial charge < -0.3 is 15.0 Å². The van der Waals surface area contributed by atoms with Crippen molar-refractivity contribution >= 4 is 11.7 Å². The molecule has 1 N–H and O–H groups in total. The summed E-state index contributed by atoms with van der Waals surface area (Å²) in [7, 11) is 1.57. The third-order valence-corrected chi connectivity index (χ3v) is 3.26. The van der Waals surface area contributed by atoms with Gasteiger partial charge in [-0.05, 0) is 32.3 Å². The van der Waals surface area contributed by atoms with E-state index in [4.69, 9.17) is 4.74 Å². The van der Waals surface area contributed by atoms with Crippen LogP contribution in [0.3, 0.4) is 0 Å². The summed E-state index contributed by atoms with van der Waals surface area (Å²) in [6.45, 7) is 2.92. The van der Waals surface area contributed by atoms with Crippen LogP contribution in [0.15, 0.2) is 18.3 Å². The lowest BCUT2D eigenvalue weighted by Gasteiger charge is -2.33. The lowest BCUT2D eigenvalue weighted by Crippen LogP contribution is -2.44. The third kappa shape index (κ3) is 2.91. The molecule has 0 spiro atoms. The van der Waals surface area contributed by atoms with Crippen molar-refractivity contribution in [2.45, 2.75) is 32.2 Å². The number of rotatable bonds is 2. The molecule has 0 saturated carbocycles. The normalized spacial score (nSPS) is 19.4. The van der Waals surface area contributed by atoms with E-state index in [0.29, 0.717) is 17.6 Å². The number of hydrogen-bond donors (Lipinski definition) is 1. The number of methoxy groups -OCH3 is 1. The molecule has 0 radical (unpaired) electrons. The Morgan fingerprint density at radius 1 is 1.50 bits per heavy atom. The molecule has 1 aliphatic heterocycles. The number of likely N-dealkylation sites (tertiary alicyclic amines) is 1. The zero-order valence-corrected chi connectivity index (χ0v) is 10.8. The van der Waals surface area contributed by atoms with Crippen LogP contribution in [0.1, 0.15) is 26.2 Å². The Balaban J connectivity index is 1.97. The number of piperidine rings is 1. The van der Waals surface area contributed by atoms with Gasteiger partial charge in [0.25, 0.3) is 0 Å². The number of nitrogens with zero attached hydrogens (tertiary/aromatic N) is 2. The van der Waals surface area contributed by atoms with Crippen LogP contribution in [0.4, 0.5) is 10.5 Å². The SMILES string of the molecule is COc1ccc(NC(=O)N2CCCC[C@H]2C)cn1. The van der Waals surface area contributed by atoms with Crippen molar-refractivity contribution in [1.29, 1.82) is 0 Å². The molecule has 1 atom stereocenters. The lowest BCUT2D eigenvalue weighted by atomic mass is 10.0. The maximum absolute atomic E-state index is 12.1. The first-order chi connectivity index (χ1) is 8.70. The van der Waals surface area contributed by atoms with E-state index < -0.39 is 0 Å². The smallest absolute Gasteiger partial charge is 0.322 e. The number of ether oxygens (including phenoxy) is 1. The Morgan fingerprint density at radius 2 is 2.33 bits per heavy atom. The van der Waals surface area contributed by atoms with Gasteiger partial charge in [0.2, 0.25) is 5.88 Å². The van der Waals surface area contributed by atoms with E-state index in [1.165, 1.54) is 6.42 Å². The van der Waals surface area contributed by atoms with E-state index >= 15 is 0 Å². The lowest BCUT2D eigenvalue weighted by molar-refractivity contribution is 0.170.